The minimum atomic E-state index is 0.759. The number of anilines is 2. The van der Waals surface area contributed by atoms with Gasteiger partial charge in [-0.1, -0.05) is 6.42 Å². The van der Waals surface area contributed by atoms with Crippen LogP contribution in [0, 0.1) is 6.92 Å². The van der Waals surface area contributed by atoms with Crippen LogP contribution in [0.4, 0.5) is 11.5 Å². The number of pyridine rings is 1. The summed E-state index contributed by atoms with van der Waals surface area (Å²) in [4.78, 5) is 9.66. The summed E-state index contributed by atoms with van der Waals surface area (Å²) in [5.41, 5.74) is 7.74. The van der Waals surface area contributed by atoms with Crippen molar-refractivity contribution in [2.45, 2.75) is 45.1 Å². The molecule has 2 saturated heterocycles. The van der Waals surface area contributed by atoms with Crippen LogP contribution in [0.5, 0.6) is 0 Å². The summed E-state index contributed by atoms with van der Waals surface area (Å²) >= 11 is 0. The Balaban J connectivity index is 1.60. The molecule has 2 N–H and O–H groups in total. The Kier molecular flexibility index (Phi) is 4.10. The van der Waals surface area contributed by atoms with E-state index in [4.69, 9.17) is 5.73 Å². The molecule has 1 aromatic rings. The lowest BCUT2D eigenvalue weighted by molar-refractivity contribution is 0.141. The van der Waals surface area contributed by atoms with Crippen molar-refractivity contribution in [3.8, 4) is 0 Å². The summed E-state index contributed by atoms with van der Waals surface area (Å²) in [5, 5.41) is 0. The van der Waals surface area contributed by atoms with Crippen LogP contribution in [0.15, 0.2) is 12.3 Å². The molecule has 3 heterocycles. The fourth-order valence-electron chi connectivity index (χ4n) is 3.65. The Bertz CT molecular complexity index is 446. The van der Waals surface area contributed by atoms with E-state index < -0.39 is 0 Å². The molecule has 4 nitrogen and oxygen atoms in total. The second-order valence-electron chi connectivity index (χ2n) is 6.22. The van der Waals surface area contributed by atoms with Crippen LogP contribution >= 0.6 is 0 Å². The summed E-state index contributed by atoms with van der Waals surface area (Å²) in [5.74, 6) is 1.12. The highest BCUT2D eigenvalue weighted by molar-refractivity contribution is 5.52. The quantitative estimate of drug-likeness (QED) is 0.899. The van der Waals surface area contributed by atoms with E-state index in [9.17, 15) is 0 Å². The van der Waals surface area contributed by atoms with Crippen molar-refractivity contribution in [1.29, 1.82) is 0 Å². The van der Waals surface area contributed by atoms with Crippen LogP contribution in [0.1, 0.15) is 37.7 Å². The van der Waals surface area contributed by atoms with Gasteiger partial charge < -0.3 is 15.5 Å². The third-order valence-electron chi connectivity index (χ3n) is 4.74. The first kappa shape index (κ1) is 13.7. The zero-order chi connectivity index (χ0) is 13.9. The number of hydrogen-bond donors (Lipinski definition) is 1. The van der Waals surface area contributed by atoms with Gasteiger partial charge >= 0.3 is 0 Å². The van der Waals surface area contributed by atoms with Gasteiger partial charge in [0.1, 0.15) is 5.82 Å². The highest BCUT2D eigenvalue weighted by Crippen LogP contribution is 2.26. The molecule has 2 aliphatic heterocycles. The maximum absolute atomic E-state index is 5.79. The normalized spacial score (nSPS) is 22.1. The van der Waals surface area contributed by atoms with Crippen LogP contribution in [0.25, 0.3) is 0 Å². The minimum absolute atomic E-state index is 0.759. The van der Waals surface area contributed by atoms with Gasteiger partial charge in [0.05, 0.1) is 11.9 Å². The first-order chi connectivity index (χ1) is 9.74. The maximum Gasteiger partial charge on any atom is 0.131 e. The van der Waals surface area contributed by atoms with E-state index >= 15 is 0 Å². The van der Waals surface area contributed by atoms with Crippen LogP contribution in [0.3, 0.4) is 0 Å². The first-order valence-electron chi connectivity index (χ1n) is 7.95. The molecule has 110 valence electrons. The SMILES string of the molecule is Cc1cc(N)cnc1N1CCC(N2CCCCC2)CC1. The Morgan fingerprint density at radius 3 is 2.45 bits per heavy atom. The largest absolute Gasteiger partial charge is 0.397 e. The standard InChI is InChI=1S/C16H26N4/c1-13-11-14(17)12-18-16(13)20-9-5-15(6-10-20)19-7-3-2-4-8-19/h11-12,15H,2-10,17H2,1H3. The average molecular weight is 274 g/mol. The molecule has 1 aromatic heterocycles. The summed E-state index contributed by atoms with van der Waals surface area (Å²) in [6.45, 7) is 6.97. The number of nitrogen functional groups attached to an aromatic ring is 1. The van der Waals surface area contributed by atoms with E-state index in [1.807, 2.05) is 6.07 Å². The highest BCUT2D eigenvalue weighted by atomic mass is 15.2. The number of aryl methyl sites for hydroxylation is 1. The highest BCUT2D eigenvalue weighted by Gasteiger charge is 2.26. The lowest BCUT2D eigenvalue weighted by Gasteiger charge is -2.40. The van der Waals surface area contributed by atoms with Crippen molar-refractivity contribution in [2.24, 2.45) is 0 Å². The number of hydrogen-bond acceptors (Lipinski definition) is 4. The first-order valence-corrected chi connectivity index (χ1v) is 7.95. The second kappa shape index (κ2) is 6.00. The molecule has 0 aromatic carbocycles. The molecule has 0 spiro atoms. The molecule has 0 amide bonds. The molecule has 0 unspecified atom stereocenters. The van der Waals surface area contributed by atoms with Crippen molar-refractivity contribution in [3.05, 3.63) is 17.8 Å². The number of likely N-dealkylation sites (tertiary alicyclic amines) is 1. The van der Waals surface area contributed by atoms with Crippen LogP contribution in [-0.2, 0) is 0 Å². The molecule has 20 heavy (non-hydrogen) atoms. The Morgan fingerprint density at radius 1 is 1.10 bits per heavy atom. The van der Waals surface area contributed by atoms with Crippen molar-refractivity contribution >= 4 is 11.5 Å². The van der Waals surface area contributed by atoms with Crippen molar-refractivity contribution in [1.82, 2.24) is 9.88 Å². The van der Waals surface area contributed by atoms with Gasteiger partial charge in [0.2, 0.25) is 0 Å². The second-order valence-corrected chi connectivity index (χ2v) is 6.22. The van der Waals surface area contributed by atoms with Crippen LogP contribution in [0.2, 0.25) is 0 Å². The molecule has 4 heteroatoms. The molecule has 0 saturated carbocycles. The van der Waals surface area contributed by atoms with E-state index in [1.54, 1.807) is 6.20 Å². The van der Waals surface area contributed by atoms with E-state index in [0.717, 1.165) is 30.6 Å². The average Bonchev–Trinajstić information content (AvgIpc) is 2.48. The molecular formula is C16H26N4. The molecule has 2 fully saturated rings. The third-order valence-corrected chi connectivity index (χ3v) is 4.74. The van der Waals surface area contributed by atoms with E-state index in [0.29, 0.717) is 0 Å². The van der Waals surface area contributed by atoms with Gasteiger partial charge in [-0.15, -0.1) is 0 Å². The van der Waals surface area contributed by atoms with E-state index in [2.05, 4.69) is 21.7 Å². The third kappa shape index (κ3) is 2.90. The molecule has 0 bridgehead atoms. The summed E-state index contributed by atoms with van der Waals surface area (Å²) in [6, 6.07) is 2.82. The lowest BCUT2D eigenvalue weighted by atomic mass is 9.99. The molecule has 0 atom stereocenters. The molecule has 0 aliphatic carbocycles. The maximum atomic E-state index is 5.79. The number of nitrogens with two attached hydrogens (primary N) is 1. The number of piperidine rings is 2. The monoisotopic (exact) mass is 274 g/mol. The predicted molar refractivity (Wildman–Crippen MR) is 84.0 cm³/mol. The van der Waals surface area contributed by atoms with Crippen LogP contribution in [-0.4, -0.2) is 42.1 Å². The fourth-order valence-corrected chi connectivity index (χ4v) is 3.65. The van der Waals surface area contributed by atoms with Gasteiger partial charge in [0, 0.05) is 19.1 Å². The van der Waals surface area contributed by atoms with Crippen molar-refractivity contribution < 1.29 is 0 Å². The summed E-state index contributed by atoms with van der Waals surface area (Å²) in [7, 11) is 0. The van der Waals surface area contributed by atoms with Gasteiger partial charge in [-0.25, -0.2) is 4.98 Å². The molecule has 0 radical (unpaired) electrons. The fraction of sp³-hybridized carbons (Fsp3) is 0.688. The van der Waals surface area contributed by atoms with Gasteiger partial charge in [-0.2, -0.15) is 0 Å². The van der Waals surface area contributed by atoms with Gasteiger partial charge in [-0.05, 0) is 57.3 Å². The predicted octanol–water partition coefficient (Wildman–Crippen LogP) is 2.43. The summed E-state index contributed by atoms with van der Waals surface area (Å²) in [6.07, 6.45) is 8.51. The van der Waals surface area contributed by atoms with E-state index in [-0.39, 0.29) is 0 Å². The Labute approximate surface area is 122 Å². The zero-order valence-corrected chi connectivity index (χ0v) is 12.5. The van der Waals surface area contributed by atoms with Gasteiger partial charge in [-0.3, -0.25) is 0 Å². The number of rotatable bonds is 2. The Morgan fingerprint density at radius 2 is 1.80 bits per heavy atom. The summed E-state index contributed by atoms with van der Waals surface area (Å²) < 4.78 is 0. The number of aromatic nitrogens is 1. The smallest absolute Gasteiger partial charge is 0.131 e. The lowest BCUT2D eigenvalue weighted by Crippen LogP contribution is -2.47. The van der Waals surface area contributed by atoms with Crippen LogP contribution < -0.4 is 10.6 Å². The van der Waals surface area contributed by atoms with Crippen molar-refractivity contribution in [2.75, 3.05) is 36.8 Å². The van der Waals surface area contributed by atoms with Gasteiger partial charge in [0.25, 0.3) is 0 Å². The van der Waals surface area contributed by atoms with Crippen molar-refractivity contribution in [3.63, 3.8) is 0 Å². The zero-order valence-electron chi connectivity index (χ0n) is 12.5. The van der Waals surface area contributed by atoms with E-state index in [1.165, 1.54) is 50.8 Å². The Hall–Kier alpha value is -1.29. The number of nitrogens with zero attached hydrogens (tertiary/aromatic N) is 3. The molecular weight excluding hydrogens is 248 g/mol. The van der Waals surface area contributed by atoms with Gasteiger partial charge in [0.15, 0.2) is 0 Å². The molecule has 2 aliphatic rings. The topological polar surface area (TPSA) is 45.4 Å². The minimum Gasteiger partial charge on any atom is -0.397 e. The molecule has 3 rings (SSSR count).